The van der Waals surface area contributed by atoms with Gasteiger partial charge in [0.2, 0.25) is 5.91 Å². The van der Waals surface area contributed by atoms with Crippen molar-refractivity contribution < 1.29 is 10.0 Å². The number of nitrogens with zero attached hydrogens (tertiary/aromatic N) is 3. The van der Waals surface area contributed by atoms with Crippen LogP contribution < -0.4 is 5.73 Å². The van der Waals surface area contributed by atoms with E-state index in [0.717, 1.165) is 39.0 Å². The highest BCUT2D eigenvalue weighted by atomic mass is 16.4. The number of carbonyl (C=O) groups is 1. The summed E-state index contributed by atoms with van der Waals surface area (Å²) < 4.78 is 0. The van der Waals surface area contributed by atoms with Crippen LogP contribution in [0.1, 0.15) is 46.5 Å². The molecule has 2 aliphatic rings. The van der Waals surface area contributed by atoms with E-state index in [1.54, 1.807) is 0 Å². The fourth-order valence-corrected chi connectivity index (χ4v) is 3.50. The van der Waals surface area contributed by atoms with Crippen LogP contribution in [0.5, 0.6) is 0 Å². The molecular weight excluding hydrogens is 268 g/mol. The second kappa shape index (κ2) is 5.83. The average molecular weight is 296 g/mol. The lowest BCUT2D eigenvalue weighted by molar-refractivity contribution is -0.143. The van der Waals surface area contributed by atoms with E-state index in [2.05, 4.69) is 17.0 Å². The van der Waals surface area contributed by atoms with Gasteiger partial charge >= 0.3 is 0 Å². The Kier molecular flexibility index (Phi) is 4.46. The fourth-order valence-electron chi connectivity index (χ4n) is 3.50. The number of piperazine rings is 1. The molecule has 0 aromatic carbocycles. The topological polar surface area (TPSA) is 82.2 Å². The van der Waals surface area contributed by atoms with Crippen LogP contribution in [-0.2, 0) is 4.79 Å². The molecule has 0 aromatic heterocycles. The first-order valence-electron chi connectivity index (χ1n) is 7.84. The molecule has 0 bridgehead atoms. The summed E-state index contributed by atoms with van der Waals surface area (Å²) in [5.74, 6) is 0.520. The zero-order valence-corrected chi connectivity index (χ0v) is 13.4. The van der Waals surface area contributed by atoms with Crippen molar-refractivity contribution in [1.29, 1.82) is 0 Å². The molecule has 0 aromatic rings. The van der Waals surface area contributed by atoms with E-state index in [4.69, 9.17) is 10.9 Å². The van der Waals surface area contributed by atoms with Crippen LogP contribution in [0.3, 0.4) is 0 Å². The number of amidine groups is 1. The smallest absolute Gasteiger partial charge is 0.228 e. The molecule has 0 spiro atoms. The summed E-state index contributed by atoms with van der Waals surface area (Å²) in [5, 5.41) is 12.0. The largest absolute Gasteiger partial charge is 0.409 e. The Bertz CT molecular complexity index is 419. The Morgan fingerprint density at radius 3 is 2.19 bits per heavy atom. The van der Waals surface area contributed by atoms with E-state index in [9.17, 15) is 4.79 Å². The van der Waals surface area contributed by atoms with Gasteiger partial charge < -0.3 is 15.8 Å². The summed E-state index contributed by atoms with van der Waals surface area (Å²) in [6.07, 6.45) is 4.36. The Hall–Kier alpha value is -1.30. The minimum atomic E-state index is -0.485. The standard InChI is InChI=1S/C15H28N4O2/c1-14(2,12(16)17-21)19-10-8-18(9-11-19)13(20)15(3)6-4-5-7-15/h21H,4-11H2,1-3H3,(H2,16,17). The molecule has 21 heavy (non-hydrogen) atoms. The number of amides is 1. The van der Waals surface area contributed by atoms with E-state index in [1.165, 1.54) is 12.8 Å². The molecule has 1 heterocycles. The summed E-state index contributed by atoms with van der Waals surface area (Å²) in [6, 6.07) is 0. The van der Waals surface area contributed by atoms with Crippen LogP contribution >= 0.6 is 0 Å². The maximum absolute atomic E-state index is 12.7. The van der Waals surface area contributed by atoms with Crippen molar-refractivity contribution in [3.05, 3.63) is 0 Å². The Balaban J connectivity index is 1.96. The van der Waals surface area contributed by atoms with Crippen LogP contribution in [0.25, 0.3) is 0 Å². The number of carbonyl (C=O) groups excluding carboxylic acids is 1. The molecular formula is C15H28N4O2. The van der Waals surface area contributed by atoms with Gasteiger partial charge in [-0.15, -0.1) is 0 Å². The number of hydrogen-bond donors (Lipinski definition) is 2. The van der Waals surface area contributed by atoms with Gasteiger partial charge in [-0.3, -0.25) is 9.69 Å². The van der Waals surface area contributed by atoms with Gasteiger partial charge in [0, 0.05) is 31.6 Å². The first-order chi connectivity index (χ1) is 9.81. The fraction of sp³-hybridized carbons (Fsp3) is 0.867. The minimum Gasteiger partial charge on any atom is -0.409 e. The van der Waals surface area contributed by atoms with Gasteiger partial charge in [-0.2, -0.15) is 0 Å². The summed E-state index contributed by atoms with van der Waals surface area (Å²) in [6.45, 7) is 8.94. The zero-order valence-electron chi connectivity index (χ0n) is 13.4. The molecule has 6 nitrogen and oxygen atoms in total. The third-order valence-electron chi connectivity index (χ3n) is 5.32. The van der Waals surface area contributed by atoms with Gasteiger partial charge in [0.25, 0.3) is 0 Å². The normalized spacial score (nSPS) is 24.3. The quantitative estimate of drug-likeness (QED) is 0.355. The molecule has 1 amide bonds. The van der Waals surface area contributed by atoms with Gasteiger partial charge in [0.15, 0.2) is 5.84 Å². The van der Waals surface area contributed by atoms with Crippen molar-refractivity contribution >= 4 is 11.7 Å². The van der Waals surface area contributed by atoms with E-state index in [0.29, 0.717) is 5.91 Å². The minimum absolute atomic E-state index is 0.150. The van der Waals surface area contributed by atoms with Crippen LogP contribution in [0.15, 0.2) is 5.16 Å². The van der Waals surface area contributed by atoms with Crippen LogP contribution in [-0.4, -0.2) is 58.5 Å². The highest BCUT2D eigenvalue weighted by molar-refractivity contribution is 5.88. The molecule has 0 radical (unpaired) electrons. The van der Waals surface area contributed by atoms with E-state index in [1.807, 2.05) is 18.7 Å². The molecule has 1 aliphatic heterocycles. The SMILES string of the molecule is CC1(C(=O)N2CCN(C(C)(C)C(N)=NO)CC2)CCCC1. The number of nitrogens with two attached hydrogens (primary N) is 1. The molecule has 1 saturated heterocycles. The number of oxime groups is 1. The van der Waals surface area contributed by atoms with Gasteiger partial charge in [0.1, 0.15) is 0 Å². The highest BCUT2D eigenvalue weighted by Crippen LogP contribution is 2.39. The van der Waals surface area contributed by atoms with E-state index < -0.39 is 5.54 Å². The average Bonchev–Trinajstić information content (AvgIpc) is 2.93. The van der Waals surface area contributed by atoms with Crippen molar-refractivity contribution in [2.75, 3.05) is 26.2 Å². The lowest BCUT2D eigenvalue weighted by atomic mass is 9.87. The Morgan fingerprint density at radius 1 is 1.19 bits per heavy atom. The summed E-state index contributed by atoms with van der Waals surface area (Å²) in [7, 11) is 0. The molecule has 2 fully saturated rings. The number of rotatable bonds is 3. The van der Waals surface area contributed by atoms with Crippen molar-refractivity contribution in [1.82, 2.24) is 9.80 Å². The Labute approximate surface area is 127 Å². The predicted molar refractivity (Wildman–Crippen MR) is 82.2 cm³/mol. The van der Waals surface area contributed by atoms with Gasteiger partial charge in [-0.05, 0) is 26.7 Å². The summed E-state index contributed by atoms with van der Waals surface area (Å²) >= 11 is 0. The zero-order chi connectivity index (χ0) is 15.7. The first kappa shape index (κ1) is 16.1. The lowest BCUT2D eigenvalue weighted by Crippen LogP contribution is -2.61. The molecule has 3 N–H and O–H groups in total. The van der Waals surface area contributed by atoms with Crippen molar-refractivity contribution in [3.63, 3.8) is 0 Å². The molecule has 1 saturated carbocycles. The maximum Gasteiger partial charge on any atom is 0.228 e. The Morgan fingerprint density at radius 2 is 1.71 bits per heavy atom. The first-order valence-corrected chi connectivity index (χ1v) is 7.84. The lowest BCUT2D eigenvalue weighted by Gasteiger charge is -2.44. The molecule has 1 aliphatic carbocycles. The van der Waals surface area contributed by atoms with Gasteiger partial charge in [-0.1, -0.05) is 24.9 Å². The maximum atomic E-state index is 12.7. The molecule has 6 heteroatoms. The molecule has 2 rings (SSSR count). The summed E-state index contributed by atoms with van der Waals surface area (Å²) in [5.41, 5.74) is 5.14. The van der Waals surface area contributed by atoms with Crippen molar-refractivity contribution in [2.24, 2.45) is 16.3 Å². The molecule has 0 atom stereocenters. The molecule has 0 unspecified atom stereocenters. The third-order valence-corrected chi connectivity index (χ3v) is 5.32. The van der Waals surface area contributed by atoms with Crippen LogP contribution in [0.4, 0.5) is 0 Å². The van der Waals surface area contributed by atoms with Crippen molar-refractivity contribution in [3.8, 4) is 0 Å². The van der Waals surface area contributed by atoms with E-state index >= 15 is 0 Å². The van der Waals surface area contributed by atoms with Gasteiger partial charge in [0.05, 0.1) is 5.54 Å². The van der Waals surface area contributed by atoms with Crippen molar-refractivity contribution in [2.45, 2.75) is 52.0 Å². The number of hydrogen-bond acceptors (Lipinski definition) is 4. The van der Waals surface area contributed by atoms with Crippen LogP contribution in [0, 0.1) is 5.41 Å². The third kappa shape index (κ3) is 3.00. The second-order valence-electron chi connectivity index (χ2n) is 7.09. The highest BCUT2D eigenvalue weighted by Gasteiger charge is 2.41. The second-order valence-corrected chi connectivity index (χ2v) is 7.09. The monoisotopic (exact) mass is 296 g/mol. The summed E-state index contributed by atoms with van der Waals surface area (Å²) in [4.78, 5) is 16.8. The molecule has 120 valence electrons. The predicted octanol–water partition coefficient (Wildman–Crippen LogP) is 1.24. The van der Waals surface area contributed by atoms with E-state index in [-0.39, 0.29) is 11.3 Å². The van der Waals surface area contributed by atoms with Gasteiger partial charge in [-0.25, -0.2) is 0 Å². The van der Waals surface area contributed by atoms with Crippen LogP contribution in [0.2, 0.25) is 0 Å².